The van der Waals surface area contributed by atoms with Gasteiger partial charge < -0.3 is 10.2 Å². The van der Waals surface area contributed by atoms with Gasteiger partial charge in [0, 0.05) is 10.8 Å². The maximum atomic E-state index is 11.8. The largest absolute Gasteiger partial charge is 0.505 e. The van der Waals surface area contributed by atoms with Gasteiger partial charge in [-0.3, -0.25) is 4.55 Å². The van der Waals surface area contributed by atoms with E-state index >= 15 is 0 Å². The maximum Gasteiger partial charge on any atom is 0.339 e. The van der Waals surface area contributed by atoms with Crippen LogP contribution in [0.5, 0.6) is 5.75 Å². The van der Waals surface area contributed by atoms with Crippen molar-refractivity contribution in [1.82, 2.24) is 0 Å². The van der Waals surface area contributed by atoms with Gasteiger partial charge in [0.2, 0.25) is 0 Å². The molecule has 4 aromatic rings. The number of rotatable bonds is 4. The van der Waals surface area contributed by atoms with Crippen LogP contribution in [-0.4, -0.2) is 29.2 Å². The van der Waals surface area contributed by atoms with Gasteiger partial charge in [0.1, 0.15) is 16.1 Å². The SMILES string of the molecule is O=C(O)c1cc2ccccc2c(N=Nc2cccc3cccc(S(=O)(=O)O)c23)c1O. The van der Waals surface area contributed by atoms with Gasteiger partial charge in [0.15, 0.2) is 5.75 Å². The van der Waals surface area contributed by atoms with Crippen molar-refractivity contribution < 1.29 is 28.0 Å². The minimum atomic E-state index is -4.52. The molecule has 0 unspecified atom stereocenters. The Morgan fingerprint density at radius 2 is 1.53 bits per heavy atom. The number of azo groups is 1. The molecule has 30 heavy (non-hydrogen) atoms. The molecule has 0 heterocycles. The first-order valence-corrected chi connectivity index (χ1v) is 10.1. The van der Waals surface area contributed by atoms with E-state index in [0.29, 0.717) is 16.2 Å². The van der Waals surface area contributed by atoms with Gasteiger partial charge in [-0.25, -0.2) is 4.79 Å². The fraction of sp³-hybridized carbons (Fsp3) is 0. The first kappa shape index (κ1) is 19.5. The summed E-state index contributed by atoms with van der Waals surface area (Å²) in [5, 5.41) is 29.7. The van der Waals surface area contributed by atoms with Gasteiger partial charge in [-0.15, -0.1) is 10.2 Å². The van der Waals surface area contributed by atoms with Gasteiger partial charge >= 0.3 is 5.97 Å². The minimum Gasteiger partial charge on any atom is -0.505 e. The van der Waals surface area contributed by atoms with Crippen molar-refractivity contribution in [2.24, 2.45) is 10.2 Å². The van der Waals surface area contributed by atoms with Gasteiger partial charge in [-0.05, 0) is 29.0 Å². The summed E-state index contributed by atoms with van der Waals surface area (Å²) in [7, 11) is -4.52. The van der Waals surface area contributed by atoms with Crippen molar-refractivity contribution in [3.8, 4) is 5.75 Å². The molecule has 0 atom stereocenters. The smallest absolute Gasteiger partial charge is 0.339 e. The highest BCUT2D eigenvalue weighted by Gasteiger charge is 2.19. The molecule has 8 nitrogen and oxygen atoms in total. The molecule has 3 N–H and O–H groups in total. The molecule has 9 heteroatoms. The normalized spacial score (nSPS) is 12.0. The fourth-order valence-corrected chi connectivity index (χ4v) is 4.00. The van der Waals surface area contributed by atoms with E-state index in [1.54, 1.807) is 42.5 Å². The lowest BCUT2D eigenvalue weighted by molar-refractivity contribution is 0.0694. The molecule has 0 saturated heterocycles. The summed E-state index contributed by atoms with van der Waals surface area (Å²) in [5.74, 6) is -1.88. The summed E-state index contributed by atoms with van der Waals surface area (Å²) in [6.45, 7) is 0. The van der Waals surface area contributed by atoms with Crippen LogP contribution in [0.1, 0.15) is 10.4 Å². The number of carboxylic acids is 1. The number of phenols is 1. The first-order valence-electron chi connectivity index (χ1n) is 8.66. The molecule has 4 rings (SSSR count). The van der Waals surface area contributed by atoms with E-state index in [1.807, 2.05) is 0 Å². The van der Waals surface area contributed by atoms with Crippen LogP contribution in [0.15, 0.2) is 81.9 Å². The molecule has 0 spiro atoms. The number of carbonyl (C=O) groups is 1. The third-order valence-electron chi connectivity index (χ3n) is 4.61. The predicted octanol–water partition coefficient (Wildman–Crippen LogP) is 5.06. The molecule has 0 aromatic heterocycles. The van der Waals surface area contributed by atoms with E-state index < -0.39 is 21.8 Å². The number of hydrogen-bond donors (Lipinski definition) is 3. The molecule has 0 aliphatic carbocycles. The number of hydrogen-bond acceptors (Lipinski definition) is 6. The molecule has 0 amide bonds. The summed E-state index contributed by atoms with van der Waals surface area (Å²) in [5.41, 5.74) is -0.268. The average Bonchev–Trinajstić information content (AvgIpc) is 2.71. The fourth-order valence-electron chi connectivity index (χ4n) is 3.27. The highest BCUT2D eigenvalue weighted by atomic mass is 32.2. The lowest BCUT2D eigenvalue weighted by atomic mass is 10.0. The number of aromatic carboxylic acids is 1. The third kappa shape index (κ3) is 3.36. The van der Waals surface area contributed by atoms with E-state index in [2.05, 4.69) is 10.2 Å². The average molecular weight is 422 g/mol. The predicted molar refractivity (Wildman–Crippen MR) is 111 cm³/mol. The molecule has 0 fully saturated rings. The summed E-state index contributed by atoms with van der Waals surface area (Å²) in [6, 6.07) is 17.3. The van der Waals surface area contributed by atoms with Gasteiger partial charge in [-0.1, -0.05) is 48.5 Å². The number of carboxylic acid groups (broad SMARTS) is 1. The van der Waals surface area contributed by atoms with Crippen molar-refractivity contribution in [2.75, 3.05) is 0 Å². The molecule has 0 aliphatic heterocycles. The molecule has 0 radical (unpaired) electrons. The summed E-state index contributed by atoms with van der Waals surface area (Å²) in [4.78, 5) is 11.2. The van der Waals surface area contributed by atoms with Crippen LogP contribution in [-0.2, 0) is 10.1 Å². The zero-order chi connectivity index (χ0) is 21.5. The first-order chi connectivity index (χ1) is 14.3. The van der Waals surface area contributed by atoms with Crippen LogP contribution >= 0.6 is 0 Å². The van der Waals surface area contributed by atoms with E-state index in [1.165, 1.54) is 24.3 Å². The van der Waals surface area contributed by atoms with Crippen molar-refractivity contribution in [2.45, 2.75) is 4.90 Å². The molecular weight excluding hydrogens is 408 g/mol. The Kier molecular flexibility index (Phi) is 4.69. The van der Waals surface area contributed by atoms with Gasteiger partial charge in [0.25, 0.3) is 10.1 Å². The minimum absolute atomic E-state index is 0.0631. The molecule has 4 aromatic carbocycles. The Morgan fingerprint density at radius 1 is 0.867 bits per heavy atom. The second kappa shape index (κ2) is 7.21. The Labute approximate surface area is 170 Å². The lowest BCUT2D eigenvalue weighted by Gasteiger charge is -2.09. The molecule has 0 aliphatic rings. The molecular formula is C21H14N2O6S. The number of benzene rings is 4. The standard InChI is InChI=1S/C21H14N2O6S/c24-20-15(21(25)26)11-13-5-1-2-8-14(13)19(20)23-22-16-9-3-6-12-7-4-10-17(18(12)16)30(27,28)29/h1-11,24H,(H,25,26)(H,27,28,29). The van der Waals surface area contributed by atoms with Crippen LogP contribution in [0.25, 0.3) is 21.5 Å². The van der Waals surface area contributed by atoms with E-state index in [0.717, 1.165) is 0 Å². The van der Waals surface area contributed by atoms with Crippen molar-refractivity contribution >= 4 is 49.0 Å². The summed E-state index contributed by atoms with van der Waals surface area (Å²) >= 11 is 0. The van der Waals surface area contributed by atoms with Crippen molar-refractivity contribution in [3.63, 3.8) is 0 Å². The van der Waals surface area contributed by atoms with Gasteiger partial charge in [0.05, 0.1) is 5.69 Å². The molecule has 150 valence electrons. The van der Waals surface area contributed by atoms with Crippen LogP contribution < -0.4 is 0 Å². The second-order valence-corrected chi connectivity index (χ2v) is 7.84. The second-order valence-electron chi connectivity index (χ2n) is 6.45. The van der Waals surface area contributed by atoms with Crippen molar-refractivity contribution in [1.29, 1.82) is 0 Å². The number of aromatic hydroxyl groups is 1. The maximum absolute atomic E-state index is 11.8. The highest BCUT2D eigenvalue weighted by molar-refractivity contribution is 7.86. The van der Waals surface area contributed by atoms with Crippen LogP contribution in [0, 0.1) is 0 Å². The zero-order valence-electron chi connectivity index (χ0n) is 15.2. The topological polar surface area (TPSA) is 137 Å². The van der Waals surface area contributed by atoms with Crippen LogP contribution in [0.3, 0.4) is 0 Å². The van der Waals surface area contributed by atoms with E-state index in [-0.39, 0.29) is 27.2 Å². The molecule has 0 bridgehead atoms. The Morgan fingerprint density at radius 3 is 2.23 bits per heavy atom. The monoisotopic (exact) mass is 422 g/mol. The number of nitrogens with zero attached hydrogens (tertiary/aromatic N) is 2. The Hall–Kier alpha value is -3.82. The quantitative estimate of drug-likeness (QED) is 0.311. The summed E-state index contributed by atoms with van der Waals surface area (Å²) in [6.07, 6.45) is 0. The lowest BCUT2D eigenvalue weighted by Crippen LogP contribution is -1.99. The molecule has 0 saturated carbocycles. The Balaban J connectivity index is 1.98. The van der Waals surface area contributed by atoms with Crippen LogP contribution in [0.4, 0.5) is 11.4 Å². The van der Waals surface area contributed by atoms with Crippen LogP contribution in [0.2, 0.25) is 0 Å². The third-order valence-corrected chi connectivity index (χ3v) is 5.50. The number of fused-ring (bicyclic) bond motifs is 2. The summed E-state index contributed by atoms with van der Waals surface area (Å²) < 4.78 is 33.2. The van der Waals surface area contributed by atoms with Gasteiger partial charge in [-0.2, -0.15) is 8.42 Å². The zero-order valence-corrected chi connectivity index (χ0v) is 16.0. The van der Waals surface area contributed by atoms with E-state index in [4.69, 9.17) is 0 Å². The Bertz CT molecular complexity index is 1460. The van der Waals surface area contributed by atoms with E-state index in [9.17, 15) is 28.0 Å². The van der Waals surface area contributed by atoms with Crippen molar-refractivity contribution in [3.05, 3.63) is 72.3 Å². The highest BCUT2D eigenvalue weighted by Crippen LogP contribution is 2.40.